The van der Waals surface area contributed by atoms with E-state index in [1.54, 1.807) is 4.90 Å². The highest BCUT2D eigenvalue weighted by atomic mass is 35.5. The van der Waals surface area contributed by atoms with Gasteiger partial charge in [0, 0.05) is 16.3 Å². The maximum Gasteiger partial charge on any atom is 0.258 e. The normalized spacial score (nSPS) is 18.8. The third-order valence-electron chi connectivity index (χ3n) is 3.94. The molecule has 2 heterocycles. The largest absolute Gasteiger partial charge is 0.272 e. The van der Waals surface area contributed by atoms with Gasteiger partial charge in [-0.1, -0.05) is 47.6 Å². The van der Waals surface area contributed by atoms with Crippen molar-refractivity contribution in [2.75, 3.05) is 0 Å². The molecule has 0 radical (unpaired) electrons. The number of thioether (sulfide) groups is 1. The lowest BCUT2D eigenvalue weighted by Crippen LogP contribution is -2.40. The molecule has 4 nitrogen and oxygen atoms in total. The van der Waals surface area contributed by atoms with Gasteiger partial charge in [0.25, 0.3) is 5.91 Å². The molecule has 0 fully saturated rings. The summed E-state index contributed by atoms with van der Waals surface area (Å²) in [5.74, 6) is 1.39. The molecule has 2 aromatic rings. The van der Waals surface area contributed by atoms with Gasteiger partial charge < -0.3 is 0 Å². The molecule has 24 heavy (non-hydrogen) atoms. The number of fused-ring (bicyclic) bond motifs is 3. The smallest absolute Gasteiger partial charge is 0.258 e. The molecule has 0 saturated carbocycles. The molecule has 0 bridgehead atoms. The molecule has 1 amide bonds. The number of carbonyl (C=O) groups is 1. The number of amidine groups is 2. The van der Waals surface area contributed by atoms with Crippen LogP contribution in [0.3, 0.4) is 0 Å². The summed E-state index contributed by atoms with van der Waals surface area (Å²) in [6, 6.07) is 15.1. The number of benzene rings is 2. The van der Waals surface area contributed by atoms with Gasteiger partial charge >= 0.3 is 0 Å². The third kappa shape index (κ3) is 2.64. The summed E-state index contributed by atoms with van der Waals surface area (Å²) < 4.78 is 0. The minimum Gasteiger partial charge on any atom is -0.272 e. The zero-order valence-electron chi connectivity index (χ0n) is 12.9. The number of para-hydroxylation sites is 1. The van der Waals surface area contributed by atoms with Crippen molar-refractivity contribution < 1.29 is 4.79 Å². The Bertz CT molecular complexity index is 876. The maximum atomic E-state index is 12.5. The zero-order chi connectivity index (χ0) is 16.7. The topological polar surface area (TPSA) is 45.0 Å². The van der Waals surface area contributed by atoms with Gasteiger partial charge in [0.1, 0.15) is 11.9 Å². The molecule has 6 heteroatoms. The number of amides is 1. The Morgan fingerprint density at radius 1 is 1.17 bits per heavy atom. The average molecular weight is 356 g/mol. The van der Waals surface area contributed by atoms with E-state index in [-0.39, 0.29) is 11.9 Å². The molecule has 4 rings (SSSR count). The highest BCUT2D eigenvalue weighted by Crippen LogP contribution is 2.34. The first-order valence-electron chi connectivity index (χ1n) is 7.60. The number of carbonyl (C=O) groups excluding carboxylic acids is 1. The van der Waals surface area contributed by atoms with E-state index in [1.807, 2.05) is 55.5 Å². The Morgan fingerprint density at radius 3 is 2.71 bits per heavy atom. The standard InChI is InChI=1S/C18H14ClN3OS/c1-11-17(23)22-16(20-11)14-4-2-3-5-15(14)21-18(22)24-10-12-6-8-13(19)9-7-12/h2-9,11H,10H2,1H3/t11-/m1/s1. The molecular weight excluding hydrogens is 342 g/mol. The summed E-state index contributed by atoms with van der Waals surface area (Å²) in [4.78, 5) is 23.4. The lowest BCUT2D eigenvalue weighted by molar-refractivity contribution is -0.124. The van der Waals surface area contributed by atoms with E-state index in [9.17, 15) is 4.79 Å². The van der Waals surface area contributed by atoms with E-state index < -0.39 is 0 Å². The molecule has 120 valence electrons. The van der Waals surface area contributed by atoms with Gasteiger partial charge in [-0.3, -0.25) is 9.79 Å². The van der Waals surface area contributed by atoms with Crippen molar-refractivity contribution in [3.8, 4) is 0 Å². The zero-order valence-corrected chi connectivity index (χ0v) is 14.5. The fraction of sp³-hybridized carbons (Fsp3) is 0.167. The van der Waals surface area contributed by atoms with Crippen LogP contribution in [-0.4, -0.2) is 27.9 Å². The van der Waals surface area contributed by atoms with E-state index in [1.165, 1.54) is 11.8 Å². The quantitative estimate of drug-likeness (QED) is 0.808. The fourth-order valence-electron chi connectivity index (χ4n) is 2.70. The Kier molecular flexibility index (Phi) is 3.90. The molecule has 2 aliphatic rings. The van der Waals surface area contributed by atoms with Crippen molar-refractivity contribution in [3.05, 3.63) is 64.7 Å². The molecule has 2 aliphatic heterocycles. The fourth-order valence-corrected chi connectivity index (χ4v) is 3.78. The molecule has 0 saturated heterocycles. The van der Waals surface area contributed by atoms with Crippen LogP contribution in [-0.2, 0) is 10.5 Å². The van der Waals surface area contributed by atoms with Gasteiger partial charge in [-0.25, -0.2) is 9.89 Å². The predicted molar refractivity (Wildman–Crippen MR) is 99.1 cm³/mol. The summed E-state index contributed by atoms with van der Waals surface area (Å²) in [5.41, 5.74) is 2.89. The number of halogens is 1. The maximum absolute atomic E-state index is 12.5. The van der Waals surface area contributed by atoms with Crippen LogP contribution in [0.1, 0.15) is 18.1 Å². The van der Waals surface area contributed by atoms with Crippen molar-refractivity contribution in [1.82, 2.24) is 4.90 Å². The summed E-state index contributed by atoms with van der Waals surface area (Å²) in [6.45, 7) is 1.82. The first-order valence-corrected chi connectivity index (χ1v) is 8.97. The van der Waals surface area contributed by atoms with E-state index in [4.69, 9.17) is 11.6 Å². The first kappa shape index (κ1) is 15.4. The lowest BCUT2D eigenvalue weighted by Gasteiger charge is -2.25. The predicted octanol–water partition coefficient (Wildman–Crippen LogP) is 4.25. The number of aliphatic imine (C=N–C) groups is 2. The van der Waals surface area contributed by atoms with Gasteiger partial charge in [0.2, 0.25) is 0 Å². The van der Waals surface area contributed by atoms with Gasteiger partial charge in [-0.2, -0.15) is 0 Å². The lowest BCUT2D eigenvalue weighted by atomic mass is 10.1. The van der Waals surface area contributed by atoms with Crippen LogP contribution in [0.4, 0.5) is 5.69 Å². The minimum atomic E-state index is -0.368. The Balaban J connectivity index is 1.67. The van der Waals surface area contributed by atoms with E-state index in [2.05, 4.69) is 9.98 Å². The van der Waals surface area contributed by atoms with E-state index in [0.29, 0.717) is 21.8 Å². The van der Waals surface area contributed by atoms with Crippen LogP contribution < -0.4 is 0 Å². The van der Waals surface area contributed by atoms with Crippen molar-refractivity contribution in [2.45, 2.75) is 18.7 Å². The summed E-state index contributed by atoms with van der Waals surface area (Å²) in [7, 11) is 0. The molecule has 0 N–H and O–H groups in total. The minimum absolute atomic E-state index is 0.0261. The van der Waals surface area contributed by atoms with Crippen LogP contribution in [0.25, 0.3) is 0 Å². The monoisotopic (exact) mass is 355 g/mol. The number of hydrogen-bond donors (Lipinski definition) is 0. The molecule has 1 atom stereocenters. The molecule has 0 aliphatic carbocycles. The Labute approximate surface area is 149 Å². The summed E-state index contributed by atoms with van der Waals surface area (Å²) in [6.07, 6.45) is 0. The van der Waals surface area contributed by atoms with Crippen molar-refractivity contribution in [1.29, 1.82) is 0 Å². The molecule has 0 unspecified atom stereocenters. The Hall–Kier alpha value is -2.11. The van der Waals surface area contributed by atoms with Crippen LogP contribution in [0.15, 0.2) is 58.5 Å². The van der Waals surface area contributed by atoms with Gasteiger partial charge in [-0.15, -0.1) is 0 Å². The van der Waals surface area contributed by atoms with Gasteiger partial charge in [0.05, 0.1) is 5.69 Å². The first-order chi connectivity index (χ1) is 11.6. The van der Waals surface area contributed by atoms with E-state index in [0.717, 1.165) is 16.8 Å². The van der Waals surface area contributed by atoms with Crippen molar-refractivity contribution >= 4 is 46.0 Å². The van der Waals surface area contributed by atoms with Crippen LogP contribution in [0.2, 0.25) is 5.02 Å². The van der Waals surface area contributed by atoms with Crippen LogP contribution in [0, 0.1) is 0 Å². The SMILES string of the molecule is C[C@H]1N=C2c3ccccc3N=C(SCc3ccc(Cl)cc3)N2C1=O. The van der Waals surface area contributed by atoms with Crippen LogP contribution in [0.5, 0.6) is 0 Å². The van der Waals surface area contributed by atoms with Gasteiger partial charge in [-0.05, 0) is 36.8 Å². The van der Waals surface area contributed by atoms with E-state index >= 15 is 0 Å². The van der Waals surface area contributed by atoms with Crippen molar-refractivity contribution in [3.63, 3.8) is 0 Å². The second kappa shape index (κ2) is 6.07. The highest BCUT2D eigenvalue weighted by molar-refractivity contribution is 8.13. The highest BCUT2D eigenvalue weighted by Gasteiger charge is 2.39. The summed E-state index contributed by atoms with van der Waals surface area (Å²) in [5, 5.41) is 1.39. The second-order valence-electron chi connectivity index (χ2n) is 5.63. The summed E-state index contributed by atoms with van der Waals surface area (Å²) >= 11 is 7.46. The molecular formula is C18H14ClN3OS. The van der Waals surface area contributed by atoms with Crippen molar-refractivity contribution in [2.24, 2.45) is 9.98 Å². The average Bonchev–Trinajstić information content (AvgIpc) is 2.90. The third-order valence-corrected chi connectivity index (χ3v) is 5.20. The van der Waals surface area contributed by atoms with Gasteiger partial charge in [0.15, 0.2) is 5.17 Å². The molecule has 0 spiro atoms. The molecule has 0 aromatic heterocycles. The second-order valence-corrected chi connectivity index (χ2v) is 7.01. The number of hydrogen-bond acceptors (Lipinski definition) is 4. The van der Waals surface area contributed by atoms with Crippen LogP contribution >= 0.6 is 23.4 Å². The Morgan fingerprint density at radius 2 is 1.92 bits per heavy atom. The molecule has 2 aromatic carbocycles. The number of rotatable bonds is 2. The number of nitrogens with zero attached hydrogens (tertiary/aromatic N) is 3.